The fourth-order valence-corrected chi connectivity index (χ4v) is 3.48. The van der Waals surface area contributed by atoms with Gasteiger partial charge in [-0.05, 0) is 47.9 Å². The maximum absolute atomic E-state index is 12.5. The Morgan fingerprint density at radius 2 is 1.53 bits per heavy atom. The fraction of sp³-hybridized carbons (Fsp3) is 0.259. The summed E-state index contributed by atoms with van der Waals surface area (Å²) in [6, 6.07) is 21.3. The molecular weight excluding hydrogens is 500 g/mol. The van der Waals surface area contributed by atoms with Gasteiger partial charge in [-0.3, -0.25) is 0 Å². The summed E-state index contributed by atoms with van der Waals surface area (Å²) in [5.74, 6) is 0.156. The summed E-state index contributed by atoms with van der Waals surface area (Å²) in [5.41, 5.74) is 0.926. The van der Waals surface area contributed by atoms with Crippen LogP contribution in [0.5, 0.6) is 17.2 Å². The van der Waals surface area contributed by atoms with E-state index in [0.29, 0.717) is 11.5 Å². The van der Waals surface area contributed by atoms with E-state index in [-0.39, 0.29) is 36.5 Å². The molecule has 0 amide bonds. The molecule has 0 unspecified atom stereocenters. The van der Waals surface area contributed by atoms with Gasteiger partial charge in [0.15, 0.2) is 6.61 Å². The van der Waals surface area contributed by atoms with Gasteiger partial charge in [-0.2, -0.15) is 0 Å². The molecule has 0 aliphatic rings. The quantitative estimate of drug-likeness (QED) is 0.194. The van der Waals surface area contributed by atoms with Gasteiger partial charge in [0, 0.05) is 10.0 Å². The Hall–Kier alpha value is -3.32. The Balaban J connectivity index is 1.56. The zero-order chi connectivity index (χ0) is 24.6. The van der Waals surface area contributed by atoms with Gasteiger partial charge in [-0.1, -0.05) is 67.0 Å². The standard InChI is InChI=1S/C27H27BrO6/c1-27(2,3)22-17-19(28)13-14-24(22)33-18-25(29)34-23-12-8-7-11-21(23)26(30)32-16-15-31-20-9-5-4-6-10-20/h4-14,17H,15-16,18H2,1-3H3. The topological polar surface area (TPSA) is 71.1 Å². The minimum Gasteiger partial charge on any atom is -0.490 e. The molecule has 34 heavy (non-hydrogen) atoms. The average molecular weight is 527 g/mol. The molecule has 0 fully saturated rings. The van der Waals surface area contributed by atoms with E-state index >= 15 is 0 Å². The summed E-state index contributed by atoms with van der Waals surface area (Å²) in [7, 11) is 0. The van der Waals surface area contributed by atoms with Gasteiger partial charge in [0.2, 0.25) is 0 Å². The maximum atomic E-state index is 12.5. The third kappa shape index (κ3) is 7.35. The lowest BCUT2D eigenvalue weighted by Gasteiger charge is -2.23. The first-order valence-electron chi connectivity index (χ1n) is 10.8. The van der Waals surface area contributed by atoms with Crippen LogP contribution in [0.15, 0.2) is 77.3 Å². The Bertz CT molecular complexity index is 1120. The molecule has 178 valence electrons. The van der Waals surface area contributed by atoms with Crippen molar-refractivity contribution < 1.29 is 28.5 Å². The molecule has 7 heteroatoms. The number of hydrogen-bond donors (Lipinski definition) is 0. The highest BCUT2D eigenvalue weighted by Crippen LogP contribution is 2.33. The smallest absolute Gasteiger partial charge is 0.349 e. The summed E-state index contributed by atoms with van der Waals surface area (Å²) >= 11 is 3.47. The number of ether oxygens (including phenoxy) is 4. The summed E-state index contributed by atoms with van der Waals surface area (Å²) in [5, 5.41) is 0. The lowest BCUT2D eigenvalue weighted by molar-refractivity contribution is -0.136. The van der Waals surface area contributed by atoms with Gasteiger partial charge >= 0.3 is 11.9 Å². The largest absolute Gasteiger partial charge is 0.490 e. The lowest BCUT2D eigenvalue weighted by Crippen LogP contribution is -2.21. The number of hydrogen-bond acceptors (Lipinski definition) is 6. The highest BCUT2D eigenvalue weighted by Gasteiger charge is 2.21. The summed E-state index contributed by atoms with van der Waals surface area (Å²) in [6.07, 6.45) is 0. The normalized spacial score (nSPS) is 10.9. The lowest BCUT2D eigenvalue weighted by atomic mass is 9.86. The Kier molecular flexibility index (Phi) is 8.71. The van der Waals surface area contributed by atoms with Crippen LogP contribution in [0.25, 0.3) is 0 Å². The first-order chi connectivity index (χ1) is 16.2. The molecule has 0 spiro atoms. The molecule has 0 saturated heterocycles. The van der Waals surface area contributed by atoms with Crippen LogP contribution in [-0.2, 0) is 14.9 Å². The van der Waals surface area contributed by atoms with E-state index in [0.717, 1.165) is 10.0 Å². The highest BCUT2D eigenvalue weighted by molar-refractivity contribution is 9.10. The summed E-state index contributed by atoms with van der Waals surface area (Å²) in [6.45, 7) is 6.14. The van der Waals surface area contributed by atoms with Gasteiger partial charge in [0.1, 0.15) is 36.0 Å². The van der Waals surface area contributed by atoms with Crippen molar-refractivity contribution in [2.45, 2.75) is 26.2 Å². The molecule has 0 heterocycles. The van der Waals surface area contributed by atoms with Crippen molar-refractivity contribution in [2.24, 2.45) is 0 Å². The van der Waals surface area contributed by atoms with Gasteiger partial charge in [-0.25, -0.2) is 9.59 Å². The van der Waals surface area contributed by atoms with Gasteiger partial charge in [0.25, 0.3) is 0 Å². The van der Waals surface area contributed by atoms with Crippen LogP contribution in [0, 0.1) is 0 Å². The monoisotopic (exact) mass is 526 g/mol. The van der Waals surface area contributed by atoms with Crippen molar-refractivity contribution >= 4 is 27.9 Å². The van der Waals surface area contributed by atoms with E-state index in [9.17, 15) is 9.59 Å². The zero-order valence-electron chi connectivity index (χ0n) is 19.4. The molecule has 3 aromatic carbocycles. The Morgan fingerprint density at radius 1 is 0.824 bits per heavy atom. The highest BCUT2D eigenvalue weighted by atomic mass is 79.9. The maximum Gasteiger partial charge on any atom is 0.349 e. The molecule has 0 aliphatic carbocycles. The average Bonchev–Trinajstić information content (AvgIpc) is 2.81. The molecule has 0 atom stereocenters. The first kappa shape index (κ1) is 25.3. The number of rotatable bonds is 9. The van der Waals surface area contributed by atoms with Crippen LogP contribution < -0.4 is 14.2 Å². The number of carbonyl (C=O) groups is 2. The summed E-state index contributed by atoms with van der Waals surface area (Å²) < 4.78 is 22.9. The number of esters is 2. The third-order valence-corrected chi connectivity index (χ3v) is 5.25. The molecule has 3 rings (SSSR count). The van der Waals surface area contributed by atoms with Crippen LogP contribution in [0.2, 0.25) is 0 Å². The van der Waals surface area contributed by atoms with E-state index in [1.54, 1.807) is 18.2 Å². The minimum absolute atomic E-state index is 0.0538. The van der Waals surface area contributed by atoms with Crippen LogP contribution in [0.3, 0.4) is 0 Å². The second-order valence-corrected chi connectivity index (χ2v) is 9.36. The van der Waals surface area contributed by atoms with Crippen molar-refractivity contribution in [3.8, 4) is 17.2 Å². The Labute approximate surface area is 207 Å². The summed E-state index contributed by atoms with van der Waals surface area (Å²) in [4.78, 5) is 25.0. The number of para-hydroxylation sites is 2. The molecule has 0 N–H and O–H groups in total. The van der Waals surface area contributed by atoms with E-state index < -0.39 is 11.9 Å². The second kappa shape index (κ2) is 11.7. The van der Waals surface area contributed by atoms with E-state index in [2.05, 4.69) is 36.7 Å². The van der Waals surface area contributed by atoms with Gasteiger partial charge in [-0.15, -0.1) is 0 Å². The van der Waals surface area contributed by atoms with Gasteiger partial charge in [0.05, 0.1) is 0 Å². The van der Waals surface area contributed by atoms with Crippen molar-refractivity contribution in [1.29, 1.82) is 0 Å². The van der Waals surface area contributed by atoms with E-state index in [1.165, 1.54) is 12.1 Å². The number of carbonyl (C=O) groups excluding carboxylic acids is 2. The van der Waals surface area contributed by atoms with Gasteiger partial charge < -0.3 is 18.9 Å². The molecule has 3 aromatic rings. The number of benzene rings is 3. The fourth-order valence-electron chi connectivity index (χ4n) is 3.12. The third-order valence-electron chi connectivity index (χ3n) is 4.75. The number of halogens is 1. The first-order valence-corrected chi connectivity index (χ1v) is 11.6. The van der Waals surface area contributed by atoms with E-state index in [1.807, 2.05) is 42.5 Å². The van der Waals surface area contributed by atoms with E-state index in [4.69, 9.17) is 18.9 Å². The van der Waals surface area contributed by atoms with Crippen LogP contribution in [-0.4, -0.2) is 31.8 Å². The molecular formula is C27H27BrO6. The molecule has 0 bridgehead atoms. The van der Waals surface area contributed by atoms with Crippen molar-refractivity contribution in [2.75, 3.05) is 19.8 Å². The second-order valence-electron chi connectivity index (χ2n) is 8.45. The SMILES string of the molecule is CC(C)(C)c1cc(Br)ccc1OCC(=O)Oc1ccccc1C(=O)OCCOc1ccccc1. The Morgan fingerprint density at radius 3 is 2.26 bits per heavy atom. The molecule has 0 aliphatic heterocycles. The van der Waals surface area contributed by atoms with Crippen LogP contribution >= 0.6 is 15.9 Å². The molecule has 0 radical (unpaired) electrons. The predicted molar refractivity (Wildman–Crippen MR) is 133 cm³/mol. The molecule has 0 saturated carbocycles. The van der Waals surface area contributed by atoms with Crippen LogP contribution in [0.4, 0.5) is 0 Å². The van der Waals surface area contributed by atoms with Crippen LogP contribution in [0.1, 0.15) is 36.7 Å². The van der Waals surface area contributed by atoms with Crippen molar-refractivity contribution in [1.82, 2.24) is 0 Å². The minimum atomic E-state index is -0.629. The predicted octanol–water partition coefficient (Wildman–Crippen LogP) is 5.97. The zero-order valence-corrected chi connectivity index (χ0v) is 21.0. The molecule has 6 nitrogen and oxygen atoms in total. The van der Waals surface area contributed by atoms with Crippen molar-refractivity contribution in [3.63, 3.8) is 0 Å². The molecule has 0 aromatic heterocycles. The van der Waals surface area contributed by atoms with Crippen molar-refractivity contribution in [3.05, 3.63) is 88.4 Å².